The highest BCUT2D eigenvalue weighted by Crippen LogP contribution is 2.26. The molecule has 0 bridgehead atoms. The van der Waals surface area contributed by atoms with Crippen molar-refractivity contribution in [3.63, 3.8) is 0 Å². The van der Waals surface area contributed by atoms with Gasteiger partial charge in [-0.2, -0.15) is 14.9 Å². The van der Waals surface area contributed by atoms with Gasteiger partial charge in [-0.25, -0.2) is 5.10 Å². The fourth-order valence-electron chi connectivity index (χ4n) is 1.93. The number of nitrogens with zero attached hydrogens (tertiary/aromatic N) is 3. The van der Waals surface area contributed by atoms with Crippen molar-refractivity contribution in [3.8, 4) is 11.4 Å². The van der Waals surface area contributed by atoms with Crippen molar-refractivity contribution < 1.29 is 0 Å². The lowest BCUT2D eigenvalue weighted by Crippen LogP contribution is -1.95. The Morgan fingerprint density at radius 2 is 1.96 bits per heavy atom. The fraction of sp³-hybridized carbons (Fsp3) is 0. The molecule has 0 fully saturated rings. The standard InChI is InChI=1S/C15H9BrCl2N4S/c16-11-4-2-1-3-10(11)14-20-21-15(23)22(14)19-8-9-5-6-12(17)13(18)7-9/h1-8H,(H,21,23)/b19-8+. The summed E-state index contributed by atoms with van der Waals surface area (Å²) in [6.07, 6.45) is 1.65. The van der Waals surface area contributed by atoms with Crippen LogP contribution in [0.4, 0.5) is 0 Å². The number of benzene rings is 2. The summed E-state index contributed by atoms with van der Waals surface area (Å²) >= 11 is 20.7. The van der Waals surface area contributed by atoms with Gasteiger partial charge in [0.05, 0.1) is 16.3 Å². The van der Waals surface area contributed by atoms with Gasteiger partial charge in [0.1, 0.15) is 0 Å². The Morgan fingerprint density at radius 3 is 2.70 bits per heavy atom. The van der Waals surface area contributed by atoms with Crippen molar-refractivity contribution in [2.24, 2.45) is 5.10 Å². The summed E-state index contributed by atoms with van der Waals surface area (Å²) < 4.78 is 2.85. The maximum atomic E-state index is 6.01. The molecule has 0 aliphatic heterocycles. The van der Waals surface area contributed by atoms with Crippen LogP contribution in [0.2, 0.25) is 10.0 Å². The Bertz CT molecular complexity index is 949. The number of rotatable bonds is 3. The van der Waals surface area contributed by atoms with Gasteiger partial charge >= 0.3 is 0 Å². The smallest absolute Gasteiger partial charge is 0.216 e. The molecule has 8 heteroatoms. The summed E-state index contributed by atoms with van der Waals surface area (Å²) in [6, 6.07) is 13.0. The zero-order chi connectivity index (χ0) is 16.4. The number of aromatic amines is 1. The molecule has 1 aromatic heterocycles. The molecule has 0 saturated carbocycles. The molecule has 1 heterocycles. The zero-order valence-corrected chi connectivity index (χ0v) is 15.4. The van der Waals surface area contributed by atoms with Gasteiger partial charge < -0.3 is 0 Å². The molecule has 23 heavy (non-hydrogen) atoms. The molecule has 116 valence electrons. The van der Waals surface area contributed by atoms with Crippen LogP contribution in [-0.2, 0) is 0 Å². The predicted octanol–water partition coefficient (Wildman–Crippen LogP) is 5.56. The van der Waals surface area contributed by atoms with E-state index in [9.17, 15) is 0 Å². The molecular formula is C15H9BrCl2N4S. The third-order valence-corrected chi connectivity index (χ3v) is 4.73. The molecule has 2 aromatic carbocycles. The third-order valence-electron chi connectivity index (χ3n) is 3.03. The first-order valence-corrected chi connectivity index (χ1v) is 8.43. The minimum Gasteiger partial charge on any atom is -0.250 e. The second kappa shape index (κ2) is 6.97. The molecule has 0 unspecified atom stereocenters. The van der Waals surface area contributed by atoms with E-state index in [1.54, 1.807) is 23.0 Å². The van der Waals surface area contributed by atoms with Crippen molar-refractivity contribution in [1.29, 1.82) is 0 Å². The van der Waals surface area contributed by atoms with Crippen LogP contribution in [0.3, 0.4) is 0 Å². The van der Waals surface area contributed by atoms with Crippen LogP contribution in [0.15, 0.2) is 52.0 Å². The highest BCUT2D eigenvalue weighted by Gasteiger charge is 2.10. The van der Waals surface area contributed by atoms with Crippen LogP contribution in [0.1, 0.15) is 5.56 Å². The van der Waals surface area contributed by atoms with E-state index in [1.165, 1.54) is 0 Å². The molecule has 0 radical (unpaired) electrons. The average Bonchev–Trinajstić information content (AvgIpc) is 2.90. The van der Waals surface area contributed by atoms with Gasteiger partial charge in [0, 0.05) is 10.0 Å². The summed E-state index contributed by atoms with van der Waals surface area (Å²) in [4.78, 5) is 0. The van der Waals surface area contributed by atoms with E-state index in [0.717, 1.165) is 15.6 Å². The van der Waals surface area contributed by atoms with Crippen molar-refractivity contribution in [3.05, 3.63) is 67.3 Å². The average molecular weight is 428 g/mol. The summed E-state index contributed by atoms with van der Waals surface area (Å²) in [5.41, 5.74) is 1.69. The van der Waals surface area contributed by atoms with Crippen LogP contribution in [0.5, 0.6) is 0 Å². The molecule has 1 N–H and O–H groups in total. The van der Waals surface area contributed by atoms with Gasteiger partial charge in [0.15, 0.2) is 5.82 Å². The van der Waals surface area contributed by atoms with Gasteiger partial charge in [-0.1, -0.05) is 57.3 Å². The van der Waals surface area contributed by atoms with E-state index in [-0.39, 0.29) is 0 Å². The Morgan fingerprint density at radius 1 is 1.17 bits per heavy atom. The molecule has 4 nitrogen and oxygen atoms in total. The summed E-state index contributed by atoms with van der Waals surface area (Å²) in [5, 5.41) is 12.4. The van der Waals surface area contributed by atoms with Gasteiger partial charge in [-0.15, -0.1) is 0 Å². The van der Waals surface area contributed by atoms with Crippen molar-refractivity contribution >= 4 is 57.6 Å². The molecular weight excluding hydrogens is 419 g/mol. The van der Waals surface area contributed by atoms with Gasteiger partial charge in [0.2, 0.25) is 4.77 Å². The Labute approximate surface area is 155 Å². The van der Waals surface area contributed by atoms with Crippen LogP contribution in [-0.4, -0.2) is 21.1 Å². The number of nitrogens with one attached hydrogen (secondary N) is 1. The molecule has 0 aliphatic carbocycles. The Hall–Kier alpha value is -1.47. The monoisotopic (exact) mass is 426 g/mol. The van der Waals surface area contributed by atoms with Gasteiger partial charge in [-0.3, -0.25) is 0 Å². The van der Waals surface area contributed by atoms with Gasteiger partial charge in [-0.05, 0) is 42.0 Å². The van der Waals surface area contributed by atoms with E-state index in [4.69, 9.17) is 35.4 Å². The zero-order valence-electron chi connectivity index (χ0n) is 11.5. The molecule has 3 rings (SSSR count). The molecule has 0 atom stereocenters. The second-order valence-electron chi connectivity index (χ2n) is 4.56. The van der Waals surface area contributed by atoms with Crippen LogP contribution >= 0.6 is 51.3 Å². The van der Waals surface area contributed by atoms with Gasteiger partial charge in [0.25, 0.3) is 0 Å². The minimum atomic E-state index is 0.395. The van der Waals surface area contributed by atoms with E-state index >= 15 is 0 Å². The lowest BCUT2D eigenvalue weighted by atomic mass is 10.2. The van der Waals surface area contributed by atoms with Crippen molar-refractivity contribution in [1.82, 2.24) is 14.9 Å². The molecule has 0 saturated heterocycles. The second-order valence-corrected chi connectivity index (χ2v) is 6.62. The lowest BCUT2D eigenvalue weighted by Gasteiger charge is -2.03. The minimum absolute atomic E-state index is 0.395. The first-order valence-electron chi connectivity index (χ1n) is 6.48. The van der Waals surface area contributed by atoms with E-state index in [2.05, 4.69) is 31.2 Å². The molecule has 3 aromatic rings. The van der Waals surface area contributed by atoms with Crippen LogP contribution < -0.4 is 0 Å². The first kappa shape index (κ1) is 16.4. The largest absolute Gasteiger partial charge is 0.250 e. The number of H-pyrrole nitrogens is 1. The van der Waals surface area contributed by atoms with Crippen LogP contribution in [0, 0.1) is 4.77 Å². The van der Waals surface area contributed by atoms with E-state index < -0.39 is 0 Å². The molecule has 0 spiro atoms. The summed E-state index contributed by atoms with van der Waals surface area (Å²) in [6.45, 7) is 0. The molecule has 0 aliphatic rings. The fourth-order valence-corrected chi connectivity index (χ4v) is 2.88. The lowest BCUT2D eigenvalue weighted by molar-refractivity contribution is 0.871. The summed E-state index contributed by atoms with van der Waals surface area (Å²) in [5.74, 6) is 0.610. The maximum absolute atomic E-state index is 6.01. The predicted molar refractivity (Wildman–Crippen MR) is 100 cm³/mol. The van der Waals surface area contributed by atoms with Crippen LogP contribution in [0.25, 0.3) is 11.4 Å². The van der Waals surface area contributed by atoms with E-state index in [1.807, 2.05) is 30.3 Å². The first-order chi connectivity index (χ1) is 11.1. The third kappa shape index (κ3) is 3.55. The highest BCUT2D eigenvalue weighted by atomic mass is 79.9. The SMILES string of the molecule is S=c1[nH]nc(-c2ccccc2Br)n1/N=C/c1ccc(Cl)c(Cl)c1. The van der Waals surface area contributed by atoms with E-state index in [0.29, 0.717) is 20.6 Å². The Balaban J connectivity index is 2.02. The normalized spacial score (nSPS) is 11.3. The number of halogens is 3. The topological polar surface area (TPSA) is 46.0 Å². The highest BCUT2D eigenvalue weighted by molar-refractivity contribution is 9.10. The summed E-state index contributed by atoms with van der Waals surface area (Å²) in [7, 11) is 0. The molecule has 0 amide bonds. The number of aromatic nitrogens is 3. The Kier molecular flexibility index (Phi) is 4.96. The number of hydrogen-bond donors (Lipinski definition) is 1. The number of hydrogen-bond acceptors (Lipinski definition) is 3. The quantitative estimate of drug-likeness (QED) is 0.439. The van der Waals surface area contributed by atoms with Crippen molar-refractivity contribution in [2.75, 3.05) is 0 Å². The van der Waals surface area contributed by atoms with Crippen molar-refractivity contribution in [2.45, 2.75) is 0 Å². The maximum Gasteiger partial charge on any atom is 0.216 e.